The molecule has 0 saturated heterocycles. The second-order valence-corrected chi connectivity index (χ2v) is 10.2. The number of carbonyl (C=O) groups excluding carboxylic acids is 1. The Morgan fingerprint density at radius 1 is 1.24 bits per heavy atom. The van der Waals surface area contributed by atoms with Crippen molar-refractivity contribution in [2.45, 2.75) is 3.92 Å². The number of rotatable bonds is 3. The molecule has 1 unspecified atom stereocenters. The first-order valence-corrected chi connectivity index (χ1v) is 12.8. The Morgan fingerprint density at radius 3 is 3.00 bits per heavy atom. The Kier molecular flexibility index (Phi) is 6.83. The van der Waals surface area contributed by atoms with E-state index in [4.69, 9.17) is 17.3 Å². The van der Waals surface area contributed by atoms with Gasteiger partial charge in [0.2, 0.25) is 0 Å². The average molecular weight is 581 g/mol. The van der Waals surface area contributed by atoms with Crippen LogP contribution in [-0.2, 0) is 7.80 Å². The van der Waals surface area contributed by atoms with E-state index in [1.54, 1.807) is 24.5 Å². The minimum absolute atomic E-state index is 0.00403. The molecule has 2 aliphatic rings. The molecule has 0 radical (unpaired) electrons. The molecule has 2 aromatic heterocycles. The minimum atomic E-state index is -0.739. The van der Waals surface area contributed by atoms with Crippen molar-refractivity contribution in [3.05, 3.63) is 53.7 Å². The van der Waals surface area contributed by atoms with Gasteiger partial charge in [0, 0.05) is 0 Å². The predicted molar refractivity (Wildman–Crippen MR) is 118 cm³/mol. The Hall–Kier alpha value is -2.90. The molecule has 0 fully saturated rings. The zero-order valence-electron chi connectivity index (χ0n) is 18.3. The number of nitrogens with one attached hydrogen (secondary N) is 3. The molecule has 9 nitrogen and oxygen atoms in total. The van der Waals surface area contributed by atoms with Crippen LogP contribution in [0.3, 0.4) is 0 Å². The van der Waals surface area contributed by atoms with E-state index < -0.39 is 27.4 Å². The Morgan fingerprint density at radius 2 is 2.12 bits per heavy atom. The molecule has 0 aliphatic carbocycles. The summed E-state index contributed by atoms with van der Waals surface area (Å²) in [6.07, 6.45) is 3.28. The fourth-order valence-electron chi connectivity index (χ4n) is 3.94. The third-order valence-electron chi connectivity index (χ3n) is 5.46. The fourth-order valence-corrected chi connectivity index (χ4v) is 5.93. The Balaban J connectivity index is 1.69. The van der Waals surface area contributed by atoms with Gasteiger partial charge < -0.3 is 0 Å². The molecule has 0 saturated carbocycles. The molecule has 180 valence electrons. The monoisotopic (exact) mass is 581 g/mol. The zero-order chi connectivity index (χ0) is 23.5. The average Bonchev–Trinajstić information content (AvgIpc) is 3.22. The number of benzene rings is 1. The molecule has 4 heterocycles. The SMILES string of the molecule is COc1c(F)cccc1Nc1c2[nH]c3c1C(=O)NCC3[I-]OCCOCCOc1cnccc1-2. The summed E-state index contributed by atoms with van der Waals surface area (Å²) in [5, 5.41) is 6.23. The second kappa shape index (κ2) is 10.2. The van der Waals surface area contributed by atoms with Gasteiger partial charge in [-0.2, -0.15) is 0 Å². The summed E-state index contributed by atoms with van der Waals surface area (Å²) < 4.78 is 37.2. The summed E-state index contributed by atoms with van der Waals surface area (Å²) >= 11 is -0.739. The maximum atomic E-state index is 14.4. The third kappa shape index (κ3) is 4.42. The van der Waals surface area contributed by atoms with Gasteiger partial charge in [-0.1, -0.05) is 0 Å². The molecule has 0 spiro atoms. The van der Waals surface area contributed by atoms with Gasteiger partial charge in [0.25, 0.3) is 0 Å². The normalized spacial score (nSPS) is 18.4. The van der Waals surface area contributed by atoms with Crippen molar-refractivity contribution in [2.75, 3.05) is 45.4 Å². The molecule has 1 aromatic carbocycles. The number of pyridine rings is 1. The maximum absolute atomic E-state index is 14.4. The van der Waals surface area contributed by atoms with Crippen LogP contribution >= 0.6 is 0 Å². The van der Waals surface area contributed by atoms with Crippen LogP contribution in [0.1, 0.15) is 20.0 Å². The topological polar surface area (TPSA) is 107 Å². The summed E-state index contributed by atoms with van der Waals surface area (Å²) in [7, 11) is 1.40. The van der Waals surface area contributed by atoms with Crippen LogP contribution < -0.4 is 41.7 Å². The number of carbonyl (C=O) groups is 1. The number of fused-ring (bicyclic) bond motifs is 3. The number of H-pyrrole nitrogens is 1. The Bertz CT molecular complexity index is 1200. The number of nitrogens with zero attached hydrogens (tertiary/aromatic N) is 1. The van der Waals surface area contributed by atoms with Gasteiger partial charge >= 0.3 is 206 Å². The van der Waals surface area contributed by atoms with Crippen molar-refractivity contribution in [1.82, 2.24) is 15.3 Å². The number of aromatic nitrogens is 2. The van der Waals surface area contributed by atoms with E-state index in [0.29, 0.717) is 66.9 Å². The number of ether oxygens (including phenoxy) is 3. The van der Waals surface area contributed by atoms with Crippen LogP contribution in [0, 0.1) is 5.82 Å². The number of anilines is 2. The van der Waals surface area contributed by atoms with Crippen LogP contribution in [0.15, 0.2) is 36.7 Å². The van der Waals surface area contributed by atoms with Crippen molar-refractivity contribution >= 4 is 17.3 Å². The van der Waals surface area contributed by atoms with Gasteiger partial charge in [-0.3, -0.25) is 0 Å². The first-order chi connectivity index (χ1) is 16.7. The number of halogens is 2. The number of para-hydroxylation sites is 1. The molecule has 5 rings (SSSR count). The van der Waals surface area contributed by atoms with Crippen LogP contribution in [-0.4, -0.2) is 56.0 Å². The summed E-state index contributed by atoms with van der Waals surface area (Å²) in [6, 6.07) is 6.41. The van der Waals surface area contributed by atoms with Crippen molar-refractivity contribution in [3.63, 3.8) is 0 Å². The standard InChI is InChI=1S/C23H23FIN4O5/c1-31-22-14(24)3-2-4-16(22)28-21-18-20-15(11-27-23(18)30)25-34-10-8-32-7-9-33-17-12-26-6-5-13(17)19(21)29-20/h2-6,12,15,28-29H,7-11H2,1H3,(H,27,30)/q-1. The molecule has 1 atom stereocenters. The van der Waals surface area contributed by atoms with E-state index in [1.807, 2.05) is 6.07 Å². The molecular weight excluding hydrogens is 558 g/mol. The Labute approximate surface area is 206 Å². The molecule has 2 aliphatic heterocycles. The third-order valence-corrected chi connectivity index (χ3v) is 7.93. The quantitative estimate of drug-likeness (QED) is 0.300. The number of methoxy groups -OCH3 is 1. The summed E-state index contributed by atoms with van der Waals surface area (Å²) in [4.78, 5) is 20.8. The van der Waals surface area contributed by atoms with Gasteiger partial charge in [0.1, 0.15) is 0 Å². The van der Waals surface area contributed by atoms with Gasteiger partial charge in [-0.05, 0) is 0 Å². The number of aromatic amines is 1. The van der Waals surface area contributed by atoms with Crippen molar-refractivity contribution < 1.29 is 48.1 Å². The molecular formula is C23H23FIN4O5-. The summed E-state index contributed by atoms with van der Waals surface area (Å²) in [6.45, 7) is 2.16. The van der Waals surface area contributed by atoms with E-state index in [2.05, 4.69) is 20.6 Å². The molecule has 1 amide bonds. The van der Waals surface area contributed by atoms with Gasteiger partial charge in [0.15, 0.2) is 0 Å². The van der Waals surface area contributed by atoms with Crippen LogP contribution in [0.25, 0.3) is 11.3 Å². The molecule has 11 heteroatoms. The summed E-state index contributed by atoms with van der Waals surface area (Å²) in [5.74, 6) is -0.133. The number of hydrogen-bond donors (Lipinski definition) is 3. The molecule has 3 N–H and O–H groups in total. The van der Waals surface area contributed by atoms with Gasteiger partial charge in [-0.15, -0.1) is 0 Å². The molecule has 34 heavy (non-hydrogen) atoms. The first-order valence-electron chi connectivity index (χ1n) is 10.7. The number of hydrogen-bond acceptors (Lipinski definition) is 7. The number of alkyl halides is 1. The van der Waals surface area contributed by atoms with E-state index in [-0.39, 0.29) is 15.6 Å². The van der Waals surface area contributed by atoms with E-state index in [9.17, 15) is 9.18 Å². The first kappa shape index (κ1) is 22.9. The van der Waals surface area contributed by atoms with Crippen molar-refractivity contribution in [2.24, 2.45) is 0 Å². The van der Waals surface area contributed by atoms with Gasteiger partial charge in [-0.25, -0.2) is 0 Å². The molecule has 3 aromatic rings. The van der Waals surface area contributed by atoms with E-state index >= 15 is 0 Å². The van der Waals surface area contributed by atoms with Crippen molar-refractivity contribution in [3.8, 4) is 22.8 Å². The van der Waals surface area contributed by atoms with Crippen molar-refractivity contribution in [1.29, 1.82) is 0 Å². The van der Waals surface area contributed by atoms with E-state index in [0.717, 1.165) is 5.69 Å². The van der Waals surface area contributed by atoms with Crippen LogP contribution in [0.2, 0.25) is 0 Å². The van der Waals surface area contributed by atoms with E-state index in [1.165, 1.54) is 13.2 Å². The fraction of sp³-hybridized carbons (Fsp3) is 0.304. The molecule has 2 bridgehead atoms. The number of amides is 1. The van der Waals surface area contributed by atoms with Crippen LogP contribution in [0.4, 0.5) is 15.8 Å². The van der Waals surface area contributed by atoms with Crippen LogP contribution in [0.5, 0.6) is 11.5 Å². The summed E-state index contributed by atoms with van der Waals surface area (Å²) in [5.41, 5.74) is 3.50. The second-order valence-electron chi connectivity index (χ2n) is 7.52. The van der Waals surface area contributed by atoms with Gasteiger partial charge in [0.05, 0.1) is 0 Å². The predicted octanol–water partition coefficient (Wildman–Crippen LogP) is 0.182. The zero-order valence-corrected chi connectivity index (χ0v) is 20.5.